The Morgan fingerprint density at radius 2 is 2.11 bits per heavy atom. The average Bonchev–Trinajstić information content (AvgIpc) is 2.63. The summed E-state index contributed by atoms with van der Waals surface area (Å²) in [6.07, 6.45) is 1.45. The molecule has 0 amide bonds. The van der Waals surface area contributed by atoms with Crippen LogP contribution in [0.1, 0.15) is 12.8 Å². The van der Waals surface area contributed by atoms with Crippen LogP contribution in [0.15, 0.2) is 28.3 Å². The predicted molar refractivity (Wildman–Crippen MR) is 70.8 cm³/mol. The van der Waals surface area contributed by atoms with Crippen LogP contribution in [0.3, 0.4) is 0 Å². The van der Waals surface area contributed by atoms with E-state index in [2.05, 4.69) is 5.16 Å². The Bertz CT molecular complexity index is 437. The van der Waals surface area contributed by atoms with Crippen molar-refractivity contribution in [2.24, 2.45) is 10.9 Å². The highest BCUT2D eigenvalue weighted by Gasteiger charge is 2.10. The van der Waals surface area contributed by atoms with Crippen LogP contribution in [0.25, 0.3) is 0 Å². The highest BCUT2D eigenvalue weighted by atomic mass is 32.2. The van der Waals surface area contributed by atoms with Gasteiger partial charge in [0.25, 0.3) is 0 Å². The van der Waals surface area contributed by atoms with E-state index in [9.17, 15) is 0 Å². The summed E-state index contributed by atoms with van der Waals surface area (Å²) >= 11 is 1.64. The van der Waals surface area contributed by atoms with E-state index in [0.29, 0.717) is 19.6 Å². The van der Waals surface area contributed by atoms with Crippen molar-refractivity contribution in [3.8, 4) is 11.5 Å². The Balaban J connectivity index is 1.95. The van der Waals surface area contributed by atoms with Crippen LogP contribution in [0.4, 0.5) is 0 Å². The standard InChI is InChI=1S/C12H16N2O3S/c13-12(14-15)4-7-18-9-2-3-10-11(8-9)17-6-1-5-16-10/h2-3,8,15H,1,4-7H2,(H2,13,14). The third kappa shape index (κ3) is 3.46. The normalized spacial score (nSPS) is 15.2. The van der Waals surface area contributed by atoms with Crippen LogP contribution in [0, 0.1) is 0 Å². The highest BCUT2D eigenvalue weighted by Crippen LogP contribution is 2.33. The zero-order valence-corrected chi connectivity index (χ0v) is 10.8. The monoisotopic (exact) mass is 268 g/mol. The van der Waals surface area contributed by atoms with E-state index in [-0.39, 0.29) is 5.84 Å². The number of nitrogens with zero attached hydrogens (tertiary/aromatic N) is 1. The summed E-state index contributed by atoms with van der Waals surface area (Å²) in [4.78, 5) is 1.09. The summed E-state index contributed by atoms with van der Waals surface area (Å²) < 4.78 is 11.2. The topological polar surface area (TPSA) is 77.1 Å². The summed E-state index contributed by atoms with van der Waals surface area (Å²) in [6, 6.07) is 5.88. The maximum atomic E-state index is 8.44. The summed E-state index contributed by atoms with van der Waals surface area (Å²) in [5, 5.41) is 11.4. The number of nitrogens with two attached hydrogens (primary N) is 1. The van der Waals surface area contributed by atoms with Gasteiger partial charge in [-0.15, -0.1) is 11.8 Å². The molecule has 1 aromatic carbocycles. The van der Waals surface area contributed by atoms with Gasteiger partial charge in [0.2, 0.25) is 0 Å². The molecule has 5 nitrogen and oxygen atoms in total. The van der Waals surface area contributed by atoms with Crippen LogP contribution in [0.5, 0.6) is 11.5 Å². The maximum absolute atomic E-state index is 8.44. The summed E-state index contributed by atoms with van der Waals surface area (Å²) in [7, 11) is 0. The molecule has 3 N–H and O–H groups in total. The number of oxime groups is 1. The molecule has 6 heteroatoms. The molecule has 0 radical (unpaired) electrons. The zero-order chi connectivity index (χ0) is 12.8. The Morgan fingerprint density at radius 1 is 1.33 bits per heavy atom. The average molecular weight is 268 g/mol. The van der Waals surface area contributed by atoms with E-state index in [0.717, 1.165) is 28.6 Å². The predicted octanol–water partition coefficient (Wildman–Crippen LogP) is 2.08. The fourth-order valence-electron chi connectivity index (χ4n) is 1.56. The molecule has 0 saturated carbocycles. The second-order valence-electron chi connectivity index (χ2n) is 3.85. The Morgan fingerprint density at radius 3 is 2.89 bits per heavy atom. The van der Waals surface area contributed by atoms with Crippen molar-refractivity contribution in [1.29, 1.82) is 0 Å². The summed E-state index contributed by atoms with van der Waals surface area (Å²) in [5.74, 6) is 2.60. The second kappa shape index (κ2) is 6.39. The number of fused-ring (bicyclic) bond motifs is 1. The van der Waals surface area contributed by atoms with E-state index in [1.165, 1.54) is 0 Å². The van der Waals surface area contributed by atoms with Crippen molar-refractivity contribution in [2.45, 2.75) is 17.7 Å². The summed E-state index contributed by atoms with van der Waals surface area (Å²) in [6.45, 7) is 1.38. The minimum Gasteiger partial charge on any atom is -0.490 e. The number of benzene rings is 1. The van der Waals surface area contributed by atoms with Gasteiger partial charge in [0, 0.05) is 23.5 Å². The SMILES string of the molecule is N/C(CCSc1ccc2c(c1)OCCCO2)=N/O. The van der Waals surface area contributed by atoms with E-state index >= 15 is 0 Å². The van der Waals surface area contributed by atoms with Gasteiger partial charge in [-0.05, 0) is 18.2 Å². The molecule has 0 aromatic heterocycles. The molecule has 0 atom stereocenters. The highest BCUT2D eigenvalue weighted by molar-refractivity contribution is 7.99. The smallest absolute Gasteiger partial charge is 0.162 e. The lowest BCUT2D eigenvalue weighted by Crippen LogP contribution is -2.11. The fraction of sp³-hybridized carbons (Fsp3) is 0.417. The Kier molecular flexibility index (Phi) is 4.58. The number of hydrogen-bond acceptors (Lipinski definition) is 5. The first-order valence-corrected chi connectivity index (χ1v) is 6.77. The number of rotatable bonds is 4. The number of hydrogen-bond donors (Lipinski definition) is 2. The molecule has 1 aliphatic heterocycles. The van der Waals surface area contributed by atoms with Crippen LogP contribution in [-0.2, 0) is 0 Å². The van der Waals surface area contributed by atoms with Gasteiger partial charge in [0.05, 0.1) is 13.2 Å². The van der Waals surface area contributed by atoms with Crippen LogP contribution < -0.4 is 15.2 Å². The number of ether oxygens (including phenoxy) is 2. The lowest BCUT2D eigenvalue weighted by Gasteiger charge is -2.08. The molecule has 0 aliphatic carbocycles. The van der Waals surface area contributed by atoms with E-state index < -0.39 is 0 Å². The summed E-state index contributed by atoms with van der Waals surface area (Å²) in [5.41, 5.74) is 5.41. The number of amidine groups is 1. The molecular weight excluding hydrogens is 252 g/mol. The third-order valence-corrected chi connectivity index (χ3v) is 3.47. The molecule has 2 rings (SSSR count). The van der Waals surface area contributed by atoms with Gasteiger partial charge < -0.3 is 20.4 Å². The van der Waals surface area contributed by atoms with Gasteiger partial charge >= 0.3 is 0 Å². The van der Waals surface area contributed by atoms with E-state index in [4.69, 9.17) is 20.4 Å². The first kappa shape index (κ1) is 12.9. The van der Waals surface area contributed by atoms with Gasteiger partial charge in [0.1, 0.15) is 5.84 Å². The van der Waals surface area contributed by atoms with Crippen molar-refractivity contribution in [1.82, 2.24) is 0 Å². The van der Waals surface area contributed by atoms with E-state index in [1.807, 2.05) is 18.2 Å². The quantitative estimate of drug-likeness (QED) is 0.287. The Hall–Kier alpha value is -1.56. The molecule has 98 valence electrons. The first-order chi connectivity index (χ1) is 8.79. The molecule has 1 aliphatic rings. The zero-order valence-electron chi connectivity index (χ0n) is 9.96. The van der Waals surface area contributed by atoms with Gasteiger partial charge in [-0.25, -0.2) is 0 Å². The van der Waals surface area contributed by atoms with Crippen molar-refractivity contribution < 1.29 is 14.7 Å². The molecular formula is C12H16N2O3S. The van der Waals surface area contributed by atoms with Crippen LogP contribution in [0.2, 0.25) is 0 Å². The maximum Gasteiger partial charge on any atom is 0.162 e. The van der Waals surface area contributed by atoms with Crippen LogP contribution in [-0.4, -0.2) is 30.0 Å². The molecule has 0 bridgehead atoms. The van der Waals surface area contributed by atoms with Gasteiger partial charge in [0.15, 0.2) is 11.5 Å². The van der Waals surface area contributed by atoms with Gasteiger partial charge in [-0.2, -0.15) is 0 Å². The molecule has 0 unspecified atom stereocenters. The van der Waals surface area contributed by atoms with Gasteiger partial charge in [-0.3, -0.25) is 0 Å². The van der Waals surface area contributed by atoms with Crippen molar-refractivity contribution in [3.63, 3.8) is 0 Å². The molecule has 0 saturated heterocycles. The van der Waals surface area contributed by atoms with Crippen molar-refractivity contribution >= 4 is 17.6 Å². The lowest BCUT2D eigenvalue weighted by atomic mass is 10.3. The largest absolute Gasteiger partial charge is 0.490 e. The molecule has 0 spiro atoms. The third-order valence-electron chi connectivity index (χ3n) is 2.47. The molecule has 18 heavy (non-hydrogen) atoms. The first-order valence-electron chi connectivity index (χ1n) is 5.78. The number of thioether (sulfide) groups is 1. The Labute approximate surface area is 110 Å². The van der Waals surface area contributed by atoms with E-state index in [1.54, 1.807) is 11.8 Å². The van der Waals surface area contributed by atoms with Crippen molar-refractivity contribution in [3.05, 3.63) is 18.2 Å². The van der Waals surface area contributed by atoms with Gasteiger partial charge in [-0.1, -0.05) is 5.16 Å². The van der Waals surface area contributed by atoms with Crippen LogP contribution >= 0.6 is 11.8 Å². The minimum absolute atomic E-state index is 0.247. The lowest BCUT2D eigenvalue weighted by molar-refractivity contribution is 0.297. The minimum atomic E-state index is 0.247. The molecule has 0 fully saturated rings. The molecule has 1 aromatic rings. The second-order valence-corrected chi connectivity index (χ2v) is 5.02. The molecule has 1 heterocycles. The fourth-order valence-corrected chi connectivity index (χ4v) is 2.46. The van der Waals surface area contributed by atoms with Crippen molar-refractivity contribution in [2.75, 3.05) is 19.0 Å².